The summed E-state index contributed by atoms with van der Waals surface area (Å²) in [5, 5.41) is 19.2. The fraction of sp³-hybridized carbons (Fsp3) is 0.562. The minimum atomic E-state index is -1.11. The normalized spacial score (nSPS) is 22.3. The van der Waals surface area contributed by atoms with E-state index in [-0.39, 0.29) is 23.0 Å². The zero-order valence-corrected chi connectivity index (χ0v) is 13.4. The molecule has 4 N–H and O–H groups in total. The summed E-state index contributed by atoms with van der Waals surface area (Å²) < 4.78 is 11.2. The van der Waals surface area contributed by atoms with Gasteiger partial charge < -0.3 is 25.3 Å². The van der Waals surface area contributed by atoms with Crippen LogP contribution in [0.4, 0.5) is 0 Å². The molecule has 0 aromatic heterocycles. The molecular formula is C16H21BN2O5. The number of carbonyl (C=O) groups is 1. The lowest BCUT2D eigenvalue weighted by atomic mass is 9.78. The second-order valence-electron chi connectivity index (χ2n) is 7.14. The average molecular weight is 332 g/mol. The van der Waals surface area contributed by atoms with Crippen molar-refractivity contribution < 1.29 is 24.3 Å². The Hall–Kier alpha value is -1.77. The molecule has 1 saturated heterocycles. The number of hydrogen-bond acceptors (Lipinski definition) is 6. The van der Waals surface area contributed by atoms with Gasteiger partial charge in [0.05, 0.1) is 0 Å². The summed E-state index contributed by atoms with van der Waals surface area (Å²) in [6.07, 6.45) is 3.15. The molecule has 0 atom stereocenters. The van der Waals surface area contributed by atoms with Crippen LogP contribution in [0.2, 0.25) is 6.32 Å². The third-order valence-corrected chi connectivity index (χ3v) is 4.98. The maximum Gasteiger partial charge on any atom is 0.522 e. The van der Waals surface area contributed by atoms with Gasteiger partial charge in [-0.1, -0.05) is 6.07 Å². The molecule has 1 aromatic rings. The smallest absolute Gasteiger partial charge is 0.522 e. The summed E-state index contributed by atoms with van der Waals surface area (Å²) in [6, 6.07) is 3.51. The van der Waals surface area contributed by atoms with Gasteiger partial charge in [-0.15, -0.1) is 0 Å². The topological polar surface area (TPSA) is 105 Å². The van der Waals surface area contributed by atoms with E-state index in [9.17, 15) is 14.9 Å². The SMILES string of the molecule is NC1(CN2CC(Oc3ccc4c(c3C(=O)O)OB(O)CC4)C2)CC1. The van der Waals surface area contributed by atoms with E-state index >= 15 is 0 Å². The molecular weight excluding hydrogens is 311 g/mol. The van der Waals surface area contributed by atoms with E-state index in [4.69, 9.17) is 15.1 Å². The molecule has 128 valence electrons. The molecule has 0 radical (unpaired) electrons. The van der Waals surface area contributed by atoms with Gasteiger partial charge in [0.1, 0.15) is 23.2 Å². The van der Waals surface area contributed by atoms with Crippen LogP contribution >= 0.6 is 0 Å². The van der Waals surface area contributed by atoms with Crippen LogP contribution in [-0.2, 0) is 6.42 Å². The first-order valence-electron chi connectivity index (χ1n) is 8.35. The summed E-state index contributed by atoms with van der Waals surface area (Å²) in [5.74, 6) is -0.575. The Kier molecular flexibility index (Phi) is 3.71. The fourth-order valence-corrected chi connectivity index (χ4v) is 3.38. The maximum absolute atomic E-state index is 11.7. The maximum atomic E-state index is 11.7. The lowest BCUT2D eigenvalue weighted by Crippen LogP contribution is -2.57. The van der Waals surface area contributed by atoms with Crippen molar-refractivity contribution in [1.29, 1.82) is 0 Å². The second-order valence-corrected chi connectivity index (χ2v) is 7.14. The third kappa shape index (κ3) is 2.97. The van der Waals surface area contributed by atoms with E-state index in [2.05, 4.69) is 4.90 Å². The zero-order chi connectivity index (χ0) is 16.9. The number of likely N-dealkylation sites (tertiary alicyclic amines) is 1. The molecule has 7 nitrogen and oxygen atoms in total. The molecule has 2 fully saturated rings. The molecule has 1 saturated carbocycles. The Morgan fingerprint density at radius 1 is 1.46 bits per heavy atom. The summed E-state index contributed by atoms with van der Waals surface area (Å²) in [6.45, 7) is 2.37. The lowest BCUT2D eigenvalue weighted by Gasteiger charge is -2.40. The van der Waals surface area contributed by atoms with E-state index < -0.39 is 13.1 Å². The standard InChI is InChI=1S/C16H21BN2O5/c18-16(4-5-16)9-19-7-11(8-19)23-12-2-1-10-3-6-17(22)24-14(10)13(12)15(20)21/h1-2,11,22H,3-9,18H2,(H,20,21). The average Bonchev–Trinajstić information content (AvgIpc) is 3.21. The van der Waals surface area contributed by atoms with Crippen molar-refractivity contribution in [2.75, 3.05) is 19.6 Å². The van der Waals surface area contributed by atoms with Gasteiger partial charge in [0, 0.05) is 25.2 Å². The molecule has 2 aliphatic heterocycles. The van der Waals surface area contributed by atoms with Crippen molar-refractivity contribution in [1.82, 2.24) is 4.90 Å². The van der Waals surface area contributed by atoms with Crippen LogP contribution in [0.3, 0.4) is 0 Å². The first kappa shape index (κ1) is 15.7. The number of nitrogens with two attached hydrogens (primary N) is 1. The summed E-state index contributed by atoms with van der Waals surface area (Å²) >= 11 is 0. The largest absolute Gasteiger partial charge is 0.535 e. The van der Waals surface area contributed by atoms with Gasteiger partial charge in [-0.25, -0.2) is 4.79 Å². The monoisotopic (exact) mass is 332 g/mol. The van der Waals surface area contributed by atoms with E-state index in [1.54, 1.807) is 6.07 Å². The molecule has 2 heterocycles. The van der Waals surface area contributed by atoms with Crippen LogP contribution in [-0.4, -0.2) is 59.4 Å². The molecule has 0 spiro atoms. The summed E-state index contributed by atoms with van der Waals surface area (Å²) in [4.78, 5) is 13.9. The van der Waals surface area contributed by atoms with Gasteiger partial charge in [-0.2, -0.15) is 0 Å². The first-order valence-corrected chi connectivity index (χ1v) is 8.35. The van der Waals surface area contributed by atoms with Crippen LogP contribution < -0.4 is 15.1 Å². The quantitative estimate of drug-likeness (QED) is 0.668. The van der Waals surface area contributed by atoms with Gasteiger partial charge in [0.25, 0.3) is 0 Å². The van der Waals surface area contributed by atoms with E-state index in [0.717, 1.165) is 38.0 Å². The highest BCUT2D eigenvalue weighted by molar-refractivity contribution is 6.44. The summed E-state index contributed by atoms with van der Waals surface area (Å²) in [5.41, 5.74) is 6.88. The minimum absolute atomic E-state index is 0.00203. The van der Waals surface area contributed by atoms with Gasteiger partial charge >= 0.3 is 13.1 Å². The number of carboxylic acids is 1. The highest BCUT2D eigenvalue weighted by Crippen LogP contribution is 2.38. The van der Waals surface area contributed by atoms with Crippen LogP contribution in [0.15, 0.2) is 12.1 Å². The Morgan fingerprint density at radius 3 is 2.88 bits per heavy atom. The predicted octanol–water partition coefficient (Wildman–Crippen LogP) is 0.354. The number of benzene rings is 1. The van der Waals surface area contributed by atoms with Gasteiger partial charge in [0.15, 0.2) is 0 Å². The number of aromatic carboxylic acids is 1. The molecule has 24 heavy (non-hydrogen) atoms. The fourth-order valence-electron chi connectivity index (χ4n) is 3.38. The number of ether oxygens (including phenoxy) is 1. The lowest BCUT2D eigenvalue weighted by molar-refractivity contribution is 0.0137. The Morgan fingerprint density at radius 2 is 2.21 bits per heavy atom. The number of rotatable bonds is 5. The van der Waals surface area contributed by atoms with Crippen molar-refractivity contribution in [2.45, 2.75) is 37.2 Å². The second kappa shape index (κ2) is 5.65. The summed E-state index contributed by atoms with van der Waals surface area (Å²) in [7, 11) is -0.968. The molecule has 1 aromatic carbocycles. The van der Waals surface area contributed by atoms with Crippen molar-refractivity contribution in [2.24, 2.45) is 5.73 Å². The number of aryl methyl sites for hydroxylation is 1. The molecule has 1 aliphatic carbocycles. The van der Waals surface area contributed by atoms with Crippen LogP contribution in [0.1, 0.15) is 28.8 Å². The Labute approximate surface area is 140 Å². The van der Waals surface area contributed by atoms with E-state index in [0.29, 0.717) is 18.5 Å². The zero-order valence-electron chi connectivity index (χ0n) is 13.4. The minimum Gasteiger partial charge on any atom is -0.535 e. The number of carboxylic acid groups (broad SMARTS) is 1. The van der Waals surface area contributed by atoms with Gasteiger partial charge in [0.2, 0.25) is 0 Å². The van der Waals surface area contributed by atoms with Crippen LogP contribution in [0.5, 0.6) is 11.5 Å². The van der Waals surface area contributed by atoms with Crippen molar-refractivity contribution >= 4 is 13.1 Å². The third-order valence-electron chi connectivity index (χ3n) is 4.98. The van der Waals surface area contributed by atoms with Crippen molar-refractivity contribution in [3.8, 4) is 11.5 Å². The first-order chi connectivity index (χ1) is 11.4. The highest BCUT2D eigenvalue weighted by atomic mass is 16.5. The molecule has 0 amide bonds. The molecule has 4 rings (SSSR count). The Bertz CT molecular complexity index is 673. The number of nitrogens with zero attached hydrogens (tertiary/aromatic N) is 1. The molecule has 0 bridgehead atoms. The van der Waals surface area contributed by atoms with Crippen LogP contribution in [0.25, 0.3) is 0 Å². The van der Waals surface area contributed by atoms with E-state index in [1.165, 1.54) is 0 Å². The van der Waals surface area contributed by atoms with Crippen LogP contribution in [0, 0.1) is 0 Å². The predicted molar refractivity (Wildman–Crippen MR) is 87.5 cm³/mol. The Balaban J connectivity index is 1.47. The number of hydrogen-bond donors (Lipinski definition) is 3. The van der Waals surface area contributed by atoms with Gasteiger partial charge in [-0.3, -0.25) is 4.90 Å². The van der Waals surface area contributed by atoms with E-state index in [1.807, 2.05) is 6.07 Å². The molecule has 3 aliphatic rings. The molecule has 0 unspecified atom stereocenters. The van der Waals surface area contributed by atoms with Crippen molar-refractivity contribution in [3.63, 3.8) is 0 Å². The highest BCUT2D eigenvalue weighted by Gasteiger charge is 2.43. The van der Waals surface area contributed by atoms with Crippen molar-refractivity contribution in [3.05, 3.63) is 23.3 Å². The number of fused-ring (bicyclic) bond motifs is 1. The molecule has 8 heteroatoms. The van der Waals surface area contributed by atoms with Gasteiger partial charge in [-0.05, 0) is 37.2 Å².